The number of benzene rings is 1. The van der Waals surface area contributed by atoms with Crippen LogP contribution in [0.25, 0.3) is 0 Å². The lowest BCUT2D eigenvalue weighted by molar-refractivity contribution is 0.133. The maximum atomic E-state index is 5.60. The van der Waals surface area contributed by atoms with E-state index in [0.29, 0.717) is 6.61 Å². The fourth-order valence-corrected chi connectivity index (χ4v) is 4.72. The maximum Gasteiger partial charge on any atom is 0.119 e. The molecule has 1 nitrogen and oxygen atoms in total. The summed E-state index contributed by atoms with van der Waals surface area (Å²) in [4.78, 5) is 0. The first-order valence-electron chi connectivity index (χ1n) is 9.80. The summed E-state index contributed by atoms with van der Waals surface area (Å²) in [5.74, 6) is 4.48. The number of ether oxygens (including phenoxy) is 1. The predicted octanol–water partition coefficient (Wildman–Crippen LogP) is 6.52. The van der Waals surface area contributed by atoms with Crippen LogP contribution in [0.5, 0.6) is 5.75 Å². The highest BCUT2D eigenvalue weighted by Crippen LogP contribution is 2.47. The molecule has 0 heterocycles. The van der Waals surface area contributed by atoms with Gasteiger partial charge < -0.3 is 4.74 Å². The number of rotatable bonds is 6. The van der Waals surface area contributed by atoms with Gasteiger partial charge >= 0.3 is 0 Å². The van der Waals surface area contributed by atoms with E-state index in [4.69, 9.17) is 4.74 Å². The van der Waals surface area contributed by atoms with Gasteiger partial charge in [-0.2, -0.15) is 0 Å². The van der Waals surface area contributed by atoms with Gasteiger partial charge in [0.25, 0.3) is 0 Å². The fraction of sp³-hybridized carbons (Fsp3) is 0.565. The molecule has 3 rings (SSSR count). The Hall–Kier alpha value is -1.50. The van der Waals surface area contributed by atoms with Crippen LogP contribution in [0, 0.1) is 17.8 Å². The molecule has 0 bridgehead atoms. The van der Waals surface area contributed by atoms with Crippen molar-refractivity contribution in [3.8, 4) is 5.75 Å². The fourth-order valence-electron chi connectivity index (χ4n) is 4.72. The molecule has 0 aromatic heterocycles. The minimum absolute atomic E-state index is 0.584. The average Bonchev–Trinajstić information content (AvgIpc) is 2.64. The highest BCUT2D eigenvalue weighted by Gasteiger charge is 2.35. The molecule has 2 aliphatic carbocycles. The summed E-state index contributed by atoms with van der Waals surface area (Å²) >= 11 is 0. The van der Waals surface area contributed by atoms with Gasteiger partial charge in [0.1, 0.15) is 12.4 Å². The van der Waals surface area contributed by atoms with E-state index >= 15 is 0 Å². The van der Waals surface area contributed by atoms with Gasteiger partial charge in [-0.15, -0.1) is 0 Å². The average molecular weight is 325 g/mol. The third-order valence-corrected chi connectivity index (χ3v) is 6.02. The summed E-state index contributed by atoms with van der Waals surface area (Å²) in [7, 11) is 0. The smallest absolute Gasteiger partial charge is 0.119 e. The van der Waals surface area contributed by atoms with Gasteiger partial charge in [-0.05, 0) is 86.3 Å². The SMILES string of the molecule is C=CCOc1ccc(C2CC[C@@H]3C[C@H](C=CCC)CC[C@@H]3C2)cc1. The molecule has 0 aliphatic heterocycles. The minimum Gasteiger partial charge on any atom is -0.490 e. The molecular formula is C23H32O. The highest BCUT2D eigenvalue weighted by molar-refractivity contribution is 5.30. The van der Waals surface area contributed by atoms with Crippen molar-refractivity contribution >= 4 is 0 Å². The molecule has 24 heavy (non-hydrogen) atoms. The quantitative estimate of drug-likeness (QED) is 0.541. The summed E-state index contributed by atoms with van der Waals surface area (Å²) in [6.07, 6.45) is 16.3. The van der Waals surface area contributed by atoms with Gasteiger partial charge in [0.2, 0.25) is 0 Å². The molecule has 0 amide bonds. The lowest BCUT2D eigenvalue weighted by Crippen LogP contribution is -2.30. The molecule has 1 unspecified atom stereocenters. The maximum absolute atomic E-state index is 5.60. The van der Waals surface area contributed by atoms with Crippen LogP contribution in [-0.4, -0.2) is 6.61 Å². The van der Waals surface area contributed by atoms with E-state index in [0.717, 1.165) is 29.4 Å². The Bertz CT molecular complexity index is 542. The molecule has 0 spiro atoms. The molecule has 130 valence electrons. The van der Waals surface area contributed by atoms with Gasteiger partial charge in [-0.25, -0.2) is 0 Å². The molecule has 2 saturated carbocycles. The lowest BCUT2D eigenvalue weighted by atomic mass is 9.64. The van der Waals surface area contributed by atoms with Crippen LogP contribution in [0.1, 0.15) is 63.4 Å². The van der Waals surface area contributed by atoms with Crippen molar-refractivity contribution in [1.82, 2.24) is 0 Å². The number of hydrogen-bond acceptors (Lipinski definition) is 1. The predicted molar refractivity (Wildman–Crippen MR) is 102 cm³/mol. The molecule has 4 atom stereocenters. The van der Waals surface area contributed by atoms with E-state index in [1.807, 2.05) is 0 Å². The summed E-state index contributed by atoms with van der Waals surface area (Å²) in [6.45, 7) is 6.52. The molecular weight excluding hydrogens is 292 g/mol. The minimum atomic E-state index is 0.584. The Morgan fingerprint density at radius 3 is 2.54 bits per heavy atom. The van der Waals surface area contributed by atoms with Gasteiger partial charge in [-0.3, -0.25) is 0 Å². The number of hydrogen-bond donors (Lipinski definition) is 0. The first-order chi connectivity index (χ1) is 11.8. The van der Waals surface area contributed by atoms with Gasteiger partial charge in [0, 0.05) is 0 Å². The van der Waals surface area contributed by atoms with E-state index in [-0.39, 0.29) is 0 Å². The molecule has 2 fully saturated rings. The van der Waals surface area contributed by atoms with Gasteiger partial charge in [0.15, 0.2) is 0 Å². The zero-order valence-electron chi connectivity index (χ0n) is 15.1. The molecule has 0 radical (unpaired) electrons. The second kappa shape index (κ2) is 8.55. The van der Waals surface area contributed by atoms with Gasteiger partial charge in [-0.1, -0.05) is 43.9 Å². The molecule has 2 aliphatic rings. The largest absolute Gasteiger partial charge is 0.490 e. The summed E-state index contributed by atoms with van der Waals surface area (Å²) in [5, 5.41) is 0. The van der Waals surface area contributed by atoms with Crippen molar-refractivity contribution in [3.05, 3.63) is 54.6 Å². The van der Waals surface area contributed by atoms with E-state index in [1.165, 1.54) is 50.5 Å². The van der Waals surface area contributed by atoms with Crippen LogP contribution in [0.4, 0.5) is 0 Å². The van der Waals surface area contributed by atoms with Crippen molar-refractivity contribution in [2.75, 3.05) is 6.61 Å². The van der Waals surface area contributed by atoms with Crippen LogP contribution in [-0.2, 0) is 0 Å². The first kappa shape index (κ1) is 17.3. The van der Waals surface area contributed by atoms with Crippen LogP contribution < -0.4 is 4.74 Å². The summed E-state index contributed by atoms with van der Waals surface area (Å²) in [6, 6.07) is 8.80. The normalized spacial score (nSPS) is 30.0. The Morgan fingerprint density at radius 2 is 1.79 bits per heavy atom. The Kier molecular flexibility index (Phi) is 6.18. The molecule has 0 N–H and O–H groups in total. The third kappa shape index (κ3) is 4.32. The molecule has 1 aromatic rings. The monoisotopic (exact) mass is 324 g/mol. The molecule has 1 aromatic carbocycles. The van der Waals surface area contributed by atoms with E-state index in [9.17, 15) is 0 Å². The first-order valence-corrected chi connectivity index (χ1v) is 9.80. The van der Waals surface area contributed by atoms with E-state index < -0.39 is 0 Å². The molecule has 1 heteroatoms. The van der Waals surface area contributed by atoms with Crippen LogP contribution in [0.15, 0.2) is 49.1 Å². The zero-order chi connectivity index (χ0) is 16.8. The summed E-state index contributed by atoms with van der Waals surface area (Å²) < 4.78 is 5.60. The van der Waals surface area contributed by atoms with Crippen LogP contribution in [0.3, 0.4) is 0 Å². The van der Waals surface area contributed by atoms with Crippen molar-refractivity contribution in [2.24, 2.45) is 17.8 Å². The Balaban J connectivity index is 1.56. The zero-order valence-corrected chi connectivity index (χ0v) is 15.1. The molecule has 0 saturated heterocycles. The topological polar surface area (TPSA) is 9.23 Å². The number of fused-ring (bicyclic) bond motifs is 1. The lowest BCUT2D eigenvalue weighted by Gasteiger charge is -2.41. The second-order valence-electron chi connectivity index (χ2n) is 7.61. The summed E-state index contributed by atoms with van der Waals surface area (Å²) in [5.41, 5.74) is 1.51. The number of allylic oxidation sites excluding steroid dienone is 2. The van der Waals surface area contributed by atoms with Crippen molar-refractivity contribution < 1.29 is 4.74 Å². The van der Waals surface area contributed by atoms with Crippen LogP contribution in [0.2, 0.25) is 0 Å². The van der Waals surface area contributed by atoms with E-state index in [2.05, 4.69) is 49.9 Å². The van der Waals surface area contributed by atoms with Gasteiger partial charge in [0.05, 0.1) is 0 Å². The van der Waals surface area contributed by atoms with Crippen molar-refractivity contribution in [2.45, 2.75) is 57.8 Å². The second-order valence-corrected chi connectivity index (χ2v) is 7.61. The Labute approximate surface area is 147 Å². The highest BCUT2D eigenvalue weighted by atomic mass is 16.5. The van der Waals surface area contributed by atoms with Crippen LogP contribution >= 0.6 is 0 Å². The standard InChI is InChI=1S/C23H32O/c1-3-5-6-18-7-8-22-17-21(10-9-20(22)16-18)19-11-13-23(14-12-19)24-15-4-2/h4-6,11-14,18,20-22H,2-3,7-10,15-17H2,1H3/t18-,20-,21?,22-/m1/s1. The van der Waals surface area contributed by atoms with Crippen molar-refractivity contribution in [1.29, 1.82) is 0 Å². The van der Waals surface area contributed by atoms with E-state index in [1.54, 1.807) is 6.08 Å². The third-order valence-electron chi connectivity index (χ3n) is 6.02. The van der Waals surface area contributed by atoms with Crippen molar-refractivity contribution in [3.63, 3.8) is 0 Å². The Morgan fingerprint density at radius 1 is 1.04 bits per heavy atom.